The Bertz CT molecular complexity index is 596. The van der Waals surface area contributed by atoms with Crippen molar-refractivity contribution in [2.45, 2.75) is 6.54 Å². The molecule has 0 atom stereocenters. The fourth-order valence-electron chi connectivity index (χ4n) is 1.57. The summed E-state index contributed by atoms with van der Waals surface area (Å²) < 4.78 is 52.7. The largest absolute Gasteiger partial charge is 0.379 e. The standard InChI is InChI=1S/C13H8BrF4N/c14-8-3-7(4-9(15)5-8)6-19-11-2-1-10(16)12(17)13(11)18/h1-5,19H,6H2. The first kappa shape index (κ1) is 13.9. The summed E-state index contributed by atoms with van der Waals surface area (Å²) in [7, 11) is 0. The zero-order valence-electron chi connectivity index (χ0n) is 9.48. The van der Waals surface area contributed by atoms with Crippen LogP contribution in [0.3, 0.4) is 0 Å². The second kappa shape index (κ2) is 5.61. The molecule has 1 N–H and O–H groups in total. The van der Waals surface area contributed by atoms with E-state index in [9.17, 15) is 17.6 Å². The lowest BCUT2D eigenvalue weighted by molar-refractivity contribution is 0.449. The van der Waals surface area contributed by atoms with Gasteiger partial charge in [-0.3, -0.25) is 0 Å². The van der Waals surface area contributed by atoms with Crippen molar-refractivity contribution in [2.75, 3.05) is 5.32 Å². The van der Waals surface area contributed by atoms with Gasteiger partial charge in [-0.2, -0.15) is 0 Å². The van der Waals surface area contributed by atoms with Crippen LogP contribution in [0.25, 0.3) is 0 Å². The Morgan fingerprint density at radius 3 is 2.37 bits per heavy atom. The van der Waals surface area contributed by atoms with Gasteiger partial charge in [0, 0.05) is 11.0 Å². The topological polar surface area (TPSA) is 12.0 Å². The van der Waals surface area contributed by atoms with Crippen LogP contribution in [0, 0.1) is 23.3 Å². The molecule has 100 valence electrons. The summed E-state index contributed by atoms with van der Waals surface area (Å²) in [5.41, 5.74) is 0.357. The first-order valence-electron chi connectivity index (χ1n) is 5.29. The minimum Gasteiger partial charge on any atom is -0.379 e. The second-order valence-electron chi connectivity index (χ2n) is 3.85. The molecule has 1 nitrogen and oxygen atoms in total. The maximum absolute atomic E-state index is 13.4. The molecule has 0 heterocycles. The van der Waals surface area contributed by atoms with E-state index in [0.717, 1.165) is 12.1 Å². The van der Waals surface area contributed by atoms with Gasteiger partial charge >= 0.3 is 0 Å². The van der Waals surface area contributed by atoms with Crippen LogP contribution in [-0.4, -0.2) is 0 Å². The fourth-order valence-corrected chi connectivity index (χ4v) is 2.09. The van der Waals surface area contributed by atoms with Crippen molar-refractivity contribution in [3.05, 3.63) is 63.6 Å². The van der Waals surface area contributed by atoms with E-state index in [-0.39, 0.29) is 12.2 Å². The van der Waals surface area contributed by atoms with Crippen molar-refractivity contribution >= 4 is 21.6 Å². The van der Waals surface area contributed by atoms with Gasteiger partial charge in [0.05, 0.1) is 5.69 Å². The molecule has 0 spiro atoms. The van der Waals surface area contributed by atoms with Crippen LogP contribution in [0.4, 0.5) is 23.2 Å². The SMILES string of the molecule is Fc1cc(Br)cc(CNc2ccc(F)c(F)c2F)c1. The molecular formula is C13H8BrF4N. The summed E-state index contributed by atoms with van der Waals surface area (Å²) in [6.45, 7) is 0.0817. The van der Waals surface area contributed by atoms with Gasteiger partial charge in [0.2, 0.25) is 0 Å². The van der Waals surface area contributed by atoms with Crippen molar-refractivity contribution < 1.29 is 17.6 Å². The first-order valence-corrected chi connectivity index (χ1v) is 6.09. The highest BCUT2D eigenvalue weighted by Crippen LogP contribution is 2.21. The third-order valence-electron chi connectivity index (χ3n) is 2.44. The molecule has 0 amide bonds. The molecule has 0 radical (unpaired) electrons. The molecule has 0 saturated carbocycles. The van der Waals surface area contributed by atoms with Crippen molar-refractivity contribution in [3.63, 3.8) is 0 Å². The van der Waals surface area contributed by atoms with E-state index in [1.165, 1.54) is 12.1 Å². The summed E-state index contributed by atoms with van der Waals surface area (Å²) in [6.07, 6.45) is 0. The Morgan fingerprint density at radius 2 is 1.68 bits per heavy atom. The maximum atomic E-state index is 13.4. The van der Waals surface area contributed by atoms with E-state index in [2.05, 4.69) is 21.2 Å². The summed E-state index contributed by atoms with van der Waals surface area (Å²) in [6, 6.07) is 6.08. The van der Waals surface area contributed by atoms with Crippen molar-refractivity contribution in [1.29, 1.82) is 0 Å². The van der Waals surface area contributed by atoms with Gasteiger partial charge in [-0.25, -0.2) is 17.6 Å². The molecule has 0 aromatic heterocycles. The average molecular weight is 334 g/mol. The Labute approximate surface area is 115 Å². The lowest BCUT2D eigenvalue weighted by Gasteiger charge is -2.09. The zero-order chi connectivity index (χ0) is 14.0. The number of anilines is 1. The minimum atomic E-state index is -1.54. The van der Waals surface area contributed by atoms with Crippen LogP contribution in [0.5, 0.6) is 0 Å². The van der Waals surface area contributed by atoms with E-state index in [0.29, 0.717) is 10.0 Å². The third-order valence-corrected chi connectivity index (χ3v) is 2.90. The van der Waals surface area contributed by atoms with Crippen LogP contribution in [0.15, 0.2) is 34.8 Å². The van der Waals surface area contributed by atoms with Crippen LogP contribution in [-0.2, 0) is 6.54 Å². The highest BCUT2D eigenvalue weighted by molar-refractivity contribution is 9.10. The van der Waals surface area contributed by atoms with Gasteiger partial charge in [0.15, 0.2) is 17.5 Å². The molecule has 2 rings (SSSR count). The van der Waals surface area contributed by atoms with Crippen molar-refractivity contribution in [1.82, 2.24) is 0 Å². The van der Waals surface area contributed by atoms with Crippen LogP contribution in [0.1, 0.15) is 5.56 Å². The maximum Gasteiger partial charge on any atom is 0.196 e. The molecule has 6 heteroatoms. The normalized spacial score (nSPS) is 10.6. The summed E-state index contributed by atoms with van der Waals surface area (Å²) in [5, 5.41) is 2.58. The van der Waals surface area contributed by atoms with Gasteiger partial charge in [-0.05, 0) is 35.9 Å². The lowest BCUT2D eigenvalue weighted by atomic mass is 10.2. The molecule has 0 aliphatic heterocycles. The molecular weight excluding hydrogens is 326 g/mol. The minimum absolute atomic E-state index is 0.0817. The molecule has 0 fully saturated rings. The van der Waals surface area contributed by atoms with Crippen LogP contribution >= 0.6 is 15.9 Å². The van der Waals surface area contributed by atoms with Gasteiger partial charge in [-0.1, -0.05) is 15.9 Å². The highest BCUT2D eigenvalue weighted by atomic mass is 79.9. The van der Waals surface area contributed by atoms with Crippen molar-refractivity contribution in [3.8, 4) is 0 Å². The number of halogens is 5. The summed E-state index contributed by atoms with van der Waals surface area (Å²) in [5.74, 6) is -4.53. The Morgan fingerprint density at radius 1 is 0.947 bits per heavy atom. The smallest absolute Gasteiger partial charge is 0.196 e. The highest BCUT2D eigenvalue weighted by Gasteiger charge is 2.13. The van der Waals surface area contributed by atoms with E-state index < -0.39 is 23.3 Å². The number of rotatable bonds is 3. The van der Waals surface area contributed by atoms with Gasteiger partial charge in [0.25, 0.3) is 0 Å². The lowest BCUT2D eigenvalue weighted by Crippen LogP contribution is -2.04. The van der Waals surface area contributed by atoms with E-state index in [4.69, 9.17) is 0 Å². The molecule has 0 bridgehead atoms. The molecule has 2 aromatic rings. The first-order chi connectivity index (χ1) is 8.97. The predicted octanol–water partition coefficient (Wildman–Crippen LogP) is 4.62. The predicted molar refractivity (Wildman–Crippen MR) is 67.7 cm³/mol. The summed E-state index contributed by atoms with van der Waals surface area (Å²) in [4.78, 5) is 0. The van der Waals surface area contributed by atoms with Gasteiger partial charge in [-0.15, -0.1) is 0 Å². The number of hydrogen-bond acceptors (Lipinski definition) is 1. The molecule has 0 aliphatic carbocycles. The molecule has 19 heavy (non-hydrogen) atoms. The fraction of sp³-hybridized carbons (Fsp3) is 0.0769. The van der Waals surface area contributed by atoms with Gasteiger partial charge in [0.1, 0.15) is 5.82 Å². The van der Waals surface area contributed by atoms with Crippen LogP contribution in [0.2, 0.25) is 0 Å². The monoisotopic (exact) mass is 333 g/mol. The summed E-state index contributed by atoms with van der Waals surface area (Å²) >= 11 is 3.12. The second-order valence-corrected chi connectivity index (χ2v) is 4.77. The third kappa shape index (κ3) is 3.26. The van der Waals surface area contributed by atoms with E-state index in [1.54, 1.807) is 6.07 Å². The average Bonchev–Trinajstić information content (AvgIpc) is 2.34. The molecule has 2 aromatic carbocycles. The molecule has 0 aliphatic rings. The van der Waals surface area contributed by atoms with Crippen molar-refractivity contribution in [2.24, 2.45) is 0 Å². The Hall–Kier alpha value is -1.56. The van der Waals surface area contributed by atoms with Gasteiger partial charge < -0.3 is 5.32 Å². The molecule has 0 saturated heterocycles. The molecule has 0 unspecified atom stereocenters. The quantitative estimate of drug-likeness (QED) is 0.638. The zero-order valence-corrected chi connectivity index (χ0v) is 11.1. The number of nitrogens with one attached hydrogen (secondary N) is 1. The Kier molecular flexibility index (Phi) is 4.09. The van der Waals surface area contributed by atoms with E-state index in [1.807, 2.05) is 0 Å². The number of hydrogen-bond donors (Lipinski definition) is 1. The Balaban J connectivity index is 2.17. The van der Waals surface area contributed by atoms with Crippen LogP contribution < -0.4 is 5.32 Å². The number of benzene rings is 2. The van der Waals surface area contributed by atoms with E-state index >= 15 is 0 Å².